The fraction of sp³-hybridized carbons (Fsp3) is 0.296. The molecule has 0 aromatic carbocycles. The van der Waals surface area contributed by atoms with Crippen LogP contribution in [0.4, 0.5) is 11.4 Å². The number of rotatable bonds is 5. The third-order valence-corrected chi connectivity index (χ3v) is 7.28. The number of hydrogen-bond donors (Lipinski definition) is 3. The van der Waals surface area contributed by atoms with Gasteiger partial charge >= 0.3 is 0 Å². The Labute approximate surface area is 213 Å². The van der Waals surface area contributed by atoms with Gasteiger partial charge in [0.2, 0.25) is 5.91 Å². The highest BCUT2D eigenvalue weighted by molar-refractivity contribution is 5.99. The number of H-pyrrole nitrogens is 2. The van der Waals surface area contributed by atoms with Crippen molar-refractivity contribution in [3.8, 4) is 22.6 Å². The van der Waals surface area contributed by atoms with Crippen molar-refractivity contribution in [2.24, 2.45) is 5.92 Å². The molecule has 1 aliphatic heterocycles. The maximum absolute atomic E-state index is 12.2. The lowest BCUT2D eigenvalue weighted by molar-refractivity contribution is -0.117. The van der Waals surface area contributed by atoms with Gasteiger partial charge in [0, 0.05) is 49.2 Å². The topological polar surface area (TPSA) is 119 Å². The molecule has 10 nitrogen and oxygen atoms in total. The number of pyridine rings is 3. The first kappa shape index (κ1) is 21.9. The molecule has 10 heteroatoms. The molecule has 3 N–H and O–H groups in total. The lowest BCUT2D eigenvalue weighted by Crippen LogP contribution is -2.44. The predicted molar refractivity (Wildman–Crippen MR) is 143 cm³/mol. The second-order valence-corrected chi connectivity index (χ2v) is 9.98. The number of nitrogens with one attached hydrogen (secondary N) is 3. The van der Waals surface area contributed by atoms with Crippen LogP contribution in [-0.2, 0) is 4.79 Å². The summed E-state index contributed by atoms with van der Waals surface area (Å²) in [5.41, 5.74) is 7.65. The van der Waals surface area contributed by atoms with E-state index in [2.05, 4.69) is 53.4 Å². The quantitative estimate of drug-likeness (QED) is 0.342. The van der Waals surface area contributed by atoms with Crippen LogP contribution < -0.4 is 10.2 Å². The van der Waals surface area contributed by atoms with E-state index in [0.29, 0.717) is 5.69 Å². The van der Waals surface area contributed by atoms with Gasteiger partial charge in [-0.2, -0.15) is 5.10 Å². The number of aromatic amines is 2. The molecule has 6 heterocycles. The molecule has 0 spiro atoms. The van der Waals surface area contributed by atoms with E-state index >= 15 is 0 Å². The molecular weight excluding hydrogens is 466 g/mol. The van der Waals surface area contributed by atoms with Gasteiger partial charge in [0.25, 0.3) is 0 Å². The molecule has 2 aliphatic rings. The van der Waals surface area contributed by atoms with Crippen LogP contribution in [0.1, 0.15) is 12.8 Å². The molecule has 0 atom stereocenters. The Kier molecular flexibility index (Phi) is 5.14. The standard InChI is InChI=1S/C27H27N9O/c1-35-6-8-36(9-7-35)24-15-29-14-23-19(24)11-22(31-23)26-25-21(33-34-26)5-4-20(32-25)17-10-18(13-28-12-17)30-27(37)16-2-3-16/h4-5,10-16,31H,2-3,6-9H2,1H3,(H,30,37)(H,33,34). The van der Waals surface area contributed by atoms with E-state index < -0.39 is 0 Å². The zero-order chi connectivity index (χ0) is 24.9. The van der Waals surface area contributed by atoms with E-state index in [4.69, 9.17) is 4.98 Å². The number of fused-ring (bicyclic) bond motifs is 2. The van der Waals surface area contributed by atoms with Crippen LogP contribution in [-0.4, -0.2) is 74.2 Å². The normalized spacial score (nSPS) is 16.5. The van der Waals surface area contributed by atoms with Gasteiger partial charge < -0.3 is 20.1 Å². The number of aromatic nitrogens is 6. The molecule has 2 fully saturated rings. The lowest BCUT2D eigenvalue weighted by atomic mass is 10.1. The highest BCUT2D eigenvalue weighted by Crippen LogP contribution is 2.34. The SMILES string of the molecule is CN1CCN(c2cncc3[nH]c(-c4n[nH]c5ccc(-c6cncc(NC(=O)C7CC7)c6)nc45)cc23)CC1. The van der Waals surface area contributed by atoms with Crippen molar-refractivity contribution in [2.45, 2.75) is 12.8 Å². The second-order valence-electron chi connectivity index (χ2n) is 9.98. The van der Waals surface area contributed by atoms with Crippen molar-refractivity contribution in [3.05, 3.63) is 49.1 Å². The third kappa shape index (κ3) is 4.09. The summed E-state index contributed by atoms with van der Waals surface area (Å²) in [5, 5.41) is 11.8. The van der Waals surface area contributed by atoms with Crippen LogP contribution in [0.3, 0.4) is 0 Å². The summed E-state index contributed by atoms with van der Waals surface area (Å²) in [4.78, 5) is 34.2. The minimum absolute atomic E-state index is 0.0590. The number of anilines is 2. The molecule has 1 aliphatic carbocycles. The van der Waals surface area contributed by atoms with E-state index in [-0.39, 0.29) is 11.8 Å². The monoisotopic (exact) mass is 493 g/mol. The summed E-state index contributed by atoms with van der Waals surface area (Å²) < 4.78 is 0. The third-order valence-electron chi connectivity index (χ3n) is 7.28. The van der Waals surface area contributed by atoms with Gasteiger partial charge in [-0.15, -0.1) is 0 Å². The average molecular weight is 494 g/mol. The first-order valence-corrected chi connectivity index (χ1v) is 12.6. The molecule has 1 saturated carbocycles. The van der Waals surface area contributed by atoms with E-state index in [1.165, 1.54) is 0 Å². The Hall–Kier alpha value is -4.31. The van der Waals surface area contributed by atoms with Crippen molar-refractivity contribution in [1.82, 2.24) is 35.0 Å². The van der Waals surface area contributed by atoms with Gasteiger partial charge in [0.05, 0.1) is 52.4 Å². The fourth-order valence-electron chi connectivity index (χ4n) is 4.95. The van der Waals surface area contributed by atoms with Crippen LogP contribution in [0.5, 0.6) is 0 Å². The molecule has 1 amide bonds. The smallest absolute Gasteiger partial charge is 0.227 e. The van der Waals surface area contributed by atoms with Crippen molar-refractivity contribution in [3.63, 3.8) is 0 Å². The molecule has 1 saturated heterocycles. The number of carbonyl (C=O) groups is 1. The van der Waals surface area contributed by atoms with Gasteiger partial charge in [0.1, 0.15) is 11.2 Å². The van der Waals surface area contributed by atoms with Gasteiger partial charge in [-0.05, 0) is 44.2 Å². The molecule has 0 unspecified atom stereocenters. The number of hydrogen-bond acceptors (Lipinski definition) is 7. The van der Waals surface area contributed by atoms with Gasteiger partial charge in [-0.1, -0.05) is 0 Å². The number of piperazine rings is 1. The molecular formula is C27H27N9O. The molecule has 0 radical (unpaired) electrons. The van der Waals surface area contributed by atoms with Crippen molar-refractivity contribution >= 4 is 39.2 Å². The Balaban J connectivity index is 1.24. The van der Waals surface area contributed by atoms with Gasteiger partial charge in [0.15, 0.2) is 0 Å². The van der Waals surface area contributed by atoms with Crippen LogP contribution in [0, 0.1) is 5.92 Å². The number of amides is 1. The minimum Gasteiger partial charge on any atom is -0.367 e. The first-order valence-electron chi connectivity index (χ1n) is 12.6. The van der Waals surface area contributed by atoms with E-state index in [0.717, 1.165) is 89.3 Å². The van der Waals surface area contributed by atoms with Crippen LogP contribution >= 0.6 is 0 Å². The fourth-order valence-corrected chi connectivity index (χ4v) is 4.95. The Morgan fingerprint density at radius 3 is 2.68 bits per heavy atom. The largest absolute Gasteiger partial charge is 0.367 e. The maximum Gasteiger partial charge on any atom is 0.227 e. The van der Waals surface area contributed by atoms with Crippen LogP contribution in [0.15, 0.2) is 49.1 Å². The highest BCUT2D eigenvalue weighted by Gasteiger charge is 2.29. The number of likely N-dealkylation sites (N-methyl/N-ethyl adjacent to an activating group) is 1. The Bertz CT molecular complexity index is 1630. The lowest BCUT2D eigenvalue weighted by Gasteiger charge is -2.34. The average Bonchev–Trinajstić information content (AvgIpc) is 3.55. The van der Waals surface area contributed by atoms with Gasteiger partial charge in [-0.3, -0.25) is 19.9 Å². The summed E-state index contributed by atoms with van der Waals surface area (Å²) in [6.07, 6.45) is 9.16. The second kappa shape index (κ2) is 8.67. The van der Waals surface area contributed by atoms with Crippen LogP contribution in [0.25, 0.3) is 44.6 Å². The molecule has 37 heavy (non-hydrogen) atoms. The Morgan fingerprint density at radius 1 is 1.00 bits per heavy atom. The first-order chi connectivity index (χ1) is 18.1. The van der Waals surface area contributed by atoms with Gasteiger partial charge in [-0.25, -0.2) is 4.98 Å². The molecule has 5 aromatic heterocycles. The Morgan fingerprint density at radius 2 is 1.84 bits per heavy atom. The summed E-state index contributed by atoms with van der Waals surface area (Å²) in [7, 11) is 2.16. The van der Waals surface area contributed by atoms with E-state index in [1.54, 1.807) is 12.4 Å². The van der Waals surface area contributed by atoms with E-state index in [1.807, 2.05) is 30.6 Å². The molecule has 0 bridgehead atoms. The van der Waals surface area contributed by atoms with Crippen molar-refractivity contribution < 1.29 is 4.79 Å². The van der Waals surface area contributed by atoms with E-state index in [9.17, 15) is 4.79 Å². The summed E-state index contributed by atoms with van der Waals surface area (Å²) in [6, 6.07) is 7.97. The maximum atomic E-state index is 12.2. The summed E-state index contributed by atoms with van der Waals surface area (Å²) >= 11 is 0. The minimum atomic E-state index is 0.0590. The van der Waals surface area contributed by atoms with Crippen molar-refractivity contribution in [2.75, 3.05) is 43.4 Å². The number of carbonyl (C=O) groups excluding carboxylic acids is 1. The predicted octanol–water partition coefficient (Wildman–Crippen LogP) is 3.66. The molecule has 7 rings (SSSR count). The molecule has 186 valence electrons. The molecule has 5 aromatic rings. The van der Waals surface area contributed by atoms with Crippen LogP contribution in [0.2, 0.25) is 0 Å². The van der Waals surface area contributed by atoms with Crippen molar-refractivity contribution in [1.29, 1.82) is 0 Å². The summed E-state index contributed by atoms with van der Waals surface area (Å²) in [5.74, 6) is 0.193. The summed E-state index contributed by atoms with van der Waals surface area (Å²) in [6.45, 7) is 4.01. The zero-order valence-corrected chi connectivity index (χ0v) is 20.5. The highest BCUT2D eigenvalue weighted by atomic mass is 16.2. The number of nitrogens with zero attached hydrogens (tertiary/aromatic N) is 6. The zero-order valence-electron chi connectivity index (χ0n) is 20.5.